The molecule has 0 unspecified atom stereocenters. The second-order valence-corrected chi connectivity index (χ2v) is 4.71. The Morgan fingerprint density at radius 1 is 1.11 bits per heavy atom. The van der Waals surface area contributed by atoms with E-state index in [0.717, 1.165) is 16.6 Å². The Bertz CT molecular complexity index is 726. The molecule has 0 saturated carbocycles. The fraction of sp³-hybridized carbons (Fsp3) is 0.200. The SMILES string of the molecule is Cc1ccnc(-c2cc3cnn(C)c3cc2C)c1. The molecule has 2 heterocycles. The number of pyridine rings is 1. The van der Waals surface area contributed by atoms with Crippen molar-refractivity contribution in [2.24, 2.45) is 7.05 Å². The standard InChI is InChI=1S/C15H15N3/c1-10-4-5-16-14(6-10)13-8-12-9-17-18(3)15(12)7-11(13)2/h4-9H,1-3H3. The van der Waals surface area contributed by atoms with E-state index in [1.54, 1.807) is 0 Å². The van der Waals surface area contributed by atoms with E-state index < -0.39 is 0 Å². The zero-order chi connectivity index (χ0) is 12.7. The van der Waals surface area contributed by atoms with Gasteiger partial charge in [0.25, 0.3) is 0 Å². The van der Waals surface area contributed by atoms with Gasteiger partial charge in [-0.25, -0.2) is 0 Å². The Morgan fingerprint density at radius 2 is 1.94 bits per heavy atom. The van der Waals surface area contributed by atoms with Gasteiger partial charge in [0, 0.05) is 24.2 Å². The van der Waals surface area contributed by atoms with E-state index in [4.69, 9.17) is 0 Å². The molecule has 0 bridgehead atoms. The lowest BCUT2D eigenvalue weighted by atomic mass is 10.0. The number of hydrogen-bond donors (Lipinski definition) is 0. The number of aromatic nitrogens is 3. The van der Waals surface area contributed by atoms with Crippen LogP contribution in [-0.2, 0) is 7.05 Å². The van der Waals surface area contributed by atoms with Crippen LogP contribution in [0.1, 0.15) is 11.1 Å². The van der Waals surface area contributed by atoms with E-state index in [9.17, 15) is 0 Å². The highest BCUT2D eigenvalue weighted by Gasteiger charge is 2.08. The van der Waals surface area contributed by atoms with E-state index in [1.807, 2.05) is 30.2 Å². The average molecular weight is 237 g/mol. The molecule has 3 nitrogen and oxygen atoms in total. The molecule has 1 aromatic carbocycles. The summed E-state index contributed by atoms with van der Waals surface area (Å²) >= 11 is 0. The van der Waals surface area contributed by atoms with Crippen molar-refractivity contribution in [2.75, 3.05) is 0 Å². The van der Waals surface area contributed by atoms with Crippen LogP contribution in [0, 0.1) is 13.8 Å². The lowest BCUT2D eigenvalue weighted by molar-refractivity contribution is 0.796. The first kappa shape index (κ1) is 11.0. The fourth-order valence-electron chi connectivity index (χ4n) is 2.26. The molecule has 90 valence electrons. The number of benzene rings is 1. The number of hydrogen-bond acceptors (Lipinski definition) is 2. The van der Waals surface area contributed by atoms with Gasteiger partial charge in [-0.15, -0.1) is 0 Å². The van der Waals surface area contributed by atoms with Gasteiger partial charge in [-0.1, -0.05) is 0 Å². The van der Waals surface area contributed by atoms with Gasteiger partial charge in [0.15, 0.2) is 0 Å². The molecule has 0 radical (unpaired) electrons. The van der Waals surface area contributed by atoms with Gasteiger partial charge in [0.1, 0.15) is 0 Å². The van der Waals surface area contributed by atoms with Gasteiger partial charge in [0.05, 0.1) is 17.4 Å². The molecular formula is C15H15N3. The molecule has 0 amide bonds. The minimum absolute atomic E-state index is 1.03. The summed E-state index contributed by atoms with van der Waals surface area (Å²) < 4.78 is 1.90. The lowest BCUT2D eigenvalue weighted by Gasteiger charge is -2.07. The van der Waals surface area contributed by atoms with Gasteiger partial charge in [-0.05, 0) is 49.2 Å². The summed E-state index contributed by atoms with van der Waals surface area (Å²) in [6, 6.07) is 8.47. The quantitative estimate of drug-likeness (QED) is 0.650. The number of rotatable bonds is 1. The minimum Gasteiger partial charge on any atom is -0.268 e. The van der Waals surface area contributed by atoms with E-state index >= 15 is 0 Å². The first-order valence-corrected chi connectivity index (χ1v) is 6.00. The Balaban J connectivity index is 2.26. The highest BCUT2D eigenvalue weighted by molar-refractivity contribution is 5.85. The Morgan fingerprint density at radius 3 is 2.72 bits per heavy atom. The van der Waals surface area contributed by atoms with Gasteiger partial charge in [0.2, 0.25) is 0 Å². The molecule has 0 spiro atoms. The van der Waals surface area contributed by atoms with E-state index in [0.29, 0.717) is 0 Å². The molecule has 0 saturated heterocycles. The van der Waals surface area contributed by atoms with Gasteiger partial charge in [-0.3, -0.25) is 9.67 Å². The average Bonchev–Trinajstić information content (AvgIpc) is 2.70. The summed E-state index contributed by atoms with van der Waals surface area (Å²) in [5.41, 5.74) is 5.82. The second kappa shape index (κ2) is 3.95. The van der Waals surface area contributed by atoms with Crippen LogP contribution in [0.3, 0.4) is 0 Å². The largest absolute Gasteiger partial charge is 0.268 e. The monoisotopic (exact) mass is 237 g/mol. The van der Waals surface area contributed by atoms with Gasteiger partial charge in [-0.2, -0.15) is 5.10 Å². The molecule has 2 aromatic heterocycles. The van der Waals surface area contributed by atoms with Crippen molar-refractivity contribution >= 4 is 10.9 Å². The normalized spacial score (nSPS) is 11.1. The van der Waals surface area contributed by atoms with E-state index in [2.05, 4.69) is 42.1 Å². The van der Waals surface area contributed by atoms with Crippen molar-refractivity contribution in [1.29, 1.82) is 0 Å². The van der Waals surface area contributed by atoms with Crippen LogP contribution in [-0.4, -0.2) is 14.8 Å². The maximum Gasteiger partial charge on any atom is 0.0707 e. The first-order valence-electron chi connectivity index (χ1n) is 6.00. The zero-order valence-corrected chi connectivity index (χ0v) is 10.8. The van der Waals surface area contributed by atoms with Crippen LogP contribution < -0.4 is 0 Å². The Kier molecular flexibility index (Phi) is 2.40. The highest BCUT2D eigenvalue weighted by atomic mass is 15.2. The van der Waals surface area contributed by atoms with Crippen molar-refractivity contribution in [3.63, 3.8) is 0 Å². The van der Waals surface area contributed by atoms with Crippen molar-refractivity contribution in [3.05, 3.63) is 47.8 Å². The van der Waals surface area contributed by atoms with Gasteiger partial charge >= 0.3 is 0 Å². The third-order valence-electron chi connectivity index (χ3n) is 3.28. The Labute approximate surface area is 106 Å². The fourth-order valence-corrected chi connectivity index (χ4v) is 2.26. The van der Waals surface area contributed by atoms with Crippen LogP contribution in [0.4, 0.5) is 0 Å². The van der Waals surface area contributed by atoms with Crippen LogP contribution in [0.15, 0.2) is 36.7 Å². The molecule has 0 aliphatic rings. The maximum absolute atomic E-state index is 4.46. The molecule has 3 heteroatoms. The summed E-state index contributed by atoms with van der Waals surface area (Å²) in [5, 5.41) is 5.44. The number of fused-ring (bicyclic) bond motifs is 1. The molecule has 0 aliphatic heterocycles. The van der Waals surface area contributed by atoms with Gasteiger partial charge < -0.3 is 0 Å². The van der Waals surface area contributed by atoms with Crippen LogP contribution in [0.2, 0.25) is 0 Å². The summed E-state index contributed by atoms with van der Waals surface area (Å²) in [4.78, 5) is 4.46. The Hall–Kier alpha value is -2.16. The molecule has 0 atom stereocenters. The molecule has 18 heavy (non-hydrogen) atoms. The van der Waals surface area contributed by atoms with E-state index in [1.165, 1.54) is 16.7 Å². The number of aryl methyl sites for hydroxylation is 3. The third kappa shape index (κ3) is 1.68. The maximum atomic E-state index is 4.46. The zero-order valence-electron chi connectivity index (χ0n) is 10.8. The van der Waals surface area contributed by atoms with Crippen molar-refractivity contribution in [1.82, 2.24) is 14.8 Å². The highest BCUT2D eigenvalue weighted by Crippen LogP contribution is 2.27. The van der Waals surface area contributed by atoms with Crippen molar-refractivity contribution < 1.29 is 0 Å². The molecule has 0 aliphatic carbocycles. The molecular weight excluding hydrogens is 222 g/mol. The molecule has 0 N–H and O–H groups in total. The third-order valence-corrected chi connectivity index (χ3v) is 3.28. The second-order valence-electron chi connectivity index (χ2n) is 4.71. The van der Waals surface area contributed by atoms with Crippen LogP contribution in [0.25, 0.3) is 22.2 Å². The molecule has 0 fully saturated rings. The molecule has 3 rings (SSSR count). The predicted octanol–water partition coefficient (Wildman–Crippen LogP) is 3.25. The van der Waals surface area contributed by atoms with Crippen molar-refractivity contribution in [3.8, 4) is 11.3 Å². The predicted molar refractivity (Wildman–Crippen MR) is 73.4 cm³/mol. The van der Waals surface area contributed by atoms with E-state index in [-0.39, 0.29) is 0 Å². The van der Waals surface area contributed by atoms with Crippen LogP contribution in [0.5, 0.6) is 0 Å². The lowest BCUT2D eigenvalue weighted by Crippen LogP contribution is -1.91. The minimum atomic E-state index is 1.03. The summed E-state index contributed by atoms with van der Waals surface area (Å²) in [7, 11) is 1.96. The summed E-state index contributed by atoms with van der Waals surface area (Å²) in [5.74, 6) is 0. The summed E-state index contributed by atoms with van der Waals surface area (Å²) in [6.07, 6.45) is 3.76. The first-order chi connectivity index (χ1) is 8.65. The topological polar surface area (TPSA) is 30.7 Å². The number of nitrogens with zero attached hydrogens (tertiary/aromatic N) is 3. The van der Waals surface area contributed by atoms with Crippen molar-refractivity contribution in [2.45, 2.75) is 13.8 Å². The van der Waals surface area contributed by atoms with Crippen LogP contribution >= 0.6 is 0 Å². The molecule has 3 aromatic rings. The smallest absolute Gasteiger partial charge is 0.0707 e. The summed E-state index contributed by atoms with van der Waals surface area (Å²) in [6.45, 7) is 4.20.